The highest BCUT2D eigenvalue weighted by Crippen LogP contribution is 2.23. The number of carbonyl (C=O) groups is 1. The van der Waals surface area contributed by atoms with Crippen LogP contribution in [-0.4, -0.2) is 35.1 Å². The van der Waals surface area contributed by atoms with Crippen LogP contribution < -0.4 is 10.2 Å². The van der Waals surface area contributed by atoms with Crippen molar-refractivity contribution in [1.29, 1.82) is 0 Å². The fraction of sp³-hybridized carbons (Fsp3) is 0.333. The molecule has 1 N–H and O–H groups in total. The SMILES string of the molecule is Cc1ccc(N2CC[C@@H](CNC(=O)Cn3cnc4ccccc43)C2)cc1. The van der Waals surface area contributed by atoms with Crippen LogP contribution in [0.15, 0.2) is 54.9 Å². The molecule has 1 atom stereocenters. The van der Waals surface area contributed by atoms with Gasteiger partial charge >= 0.3 is 0 Å². The molecular weight excluding hydrogens is 324 g/mol. The normalized spacial score (nSPS) is 17.0. The van der Waals surface area contributed by atoms with Gasteiger partial charge in [-0.25, -0.2) is 4.98 Å². The quantitative estimate of drug-likeness (QED) is 0.771. The first-order chi connectivity index (χ1) is 12.7. The van der Waals surface area contributed by atoms with Crippen molar-refractivity contribution >= 4 is 22.6 Å². The van der Waals surface area contributed by atoms with Crippen LogP contribution in [0, 0.1) is 12.8 Å². The van der Waals surface area contributed by atoms with E-state index in [0.717, 1.165) is 37.1 Å². The largest absolute Gasteiger partial charge is 0.371 e. The Labute approximate surface area is 153 Å². The topological polar surface area (TPSA) is 50.2 Å². The Morgan fingerprint density at radius 3 is 2.85 bits per heavy atom. The maximum absolute atomic E-state index is 12.3. The van der Waals surface area contributed by atoms with Crippen molar-refractivity contribution in [1.82, 2.24) is 14.9 Å². The Morgan fingerprint density at radius 1 is 1.19 bits per heavy atom. The predicted molar refractivity (Wildman–Crippen MR) is 104 cm³/mol. The van der Waals surface area contributed by atoms with E-state index in [-0.39, 0.29) is 5.91 Å². The summed E-state index contributed by atoms with van der Waals surface area (Å²) in [6, 6.07) is 16.5. The minimum atomic E-state index is 0.0435. The molecular formula is C21H24N4O. The van der Waals surface area contributed by atoms with Gasteiger partial charge in [0, 0.05) is 25.3 Å². The second-order valence-corrected chi connectivity index (χ2v) is 7.10. The third-order valence-corrected chi connectivity index (χ3v) is 5.11. The molecule has 1 amide bonds. The number of para-hydroxylation sites is 2. The lowest BCUT2D eigenvalue weighted by Crippen LogP contribution is -2.33. The molecule has 0 bridgehead atoms. The number of aryl methyl sites for hydroxylation is 1. The third-order valence-electron chi connectivity index (χ3n) is 5.11. The Hall–Kier alpha value is -2.82. The first-order valence-corrected chi connectivity index (χ1v) is 9.17. The number of imidazole rings is 1. The van der Waals surface area contributed by atoms with Crippen molar-refractivity contribution in [2.45, 2.75) is 19.9 Å². The monoisotopic (exact) mass is 348 g/mol. The van der Waals surface area contributed by atoms with E-state index >= 15 is 0 Å². The summed E-state index contributed by atoms with van der Waals surface area (Å²) in [6.07, 6.45) is 2.85. The maximum atomic E-state index is 12.3. The van der Waals surface area contributed by atoms with E-state index in [1.165, 1.54) is 11.3 Å². The van der Waals surface area contributed by atoms with Crippen molar-refractivity contribution in [3.63, 3.8) is 0 Å². The average molecular weight is 348 g/mol. The molecule has 3 aromatic rings. The predicted octanol–water partition coefficient (Wildman–Crippen LogP) is 2.99. The number of amides is 1. The second-order valence-electron chi connectivity index (χ2n) is 7.10. The molecule has 0 unspecified atom stereocenters. The number of aromatic nitrogens is 2. The Kier molecular flexibility index (Phi) is 4.61. The lowest BCUT2D eigenvalue weighted by atomic mass is 10.1. The van der Waals surface area contributed by atoms with Gasteiger partial charge in [0.1, 0.15) is 6.54 Å². The summed E-state index contributed by atoms with van der Waals surface area (Å²) in [5, 5.41) is 3.09. The molecule has 2 aromatic carbocycles. The van der Waals surface area contributed by atoms with Gasteiger partial charge in [-0.15, -0.1) is 0 Å². The minimum Gasteiger partial charge on any atom is -0.371 e. The molecule has 1 aromatic heterocycles. The number of nitrogens with zero attached hydrogens (tertiary/aromatic N) is 3. The van der Waals surface area contributed by atoms with Crippen LogP contribution in [0.25, 0.3) is 11.0 Å². The first kappa shape index (κ1) is 16.6. The number of fused-ring (bicyclic) bond motifs is 1. The van der Waals surface area contributed by atoms with Crippen LogP contribution in [0.1, 0.15) is 12.0 Å². The molecule has 4 rings (SSSR count). The van der Waals surface area contributed by atoms with E-state index in [9.17, 15) is 4.79 Å². The zero-order valence-corrected chi connectivity index (χ0v) is 15.1. The van der Waals surface area contributed by atoms with Gasteiger partial charge in [0.15, 0.2) is 0 Å². The van der Waals surface area contributed by atoms with Gasteiger partial charge in [-0.3, -0.25) is 4.79 Å². The second kappa shape index (κ2) is 7.20. The summed E-state index contributed by atoms with van der Waals surface area (Å²) >= 11 is 0. The minimum absolute atomic E-state index is 0.0435. The van der Waals surface area contributed by atoms with Gasteiger partial charge in [0.05, 0.1) is 17.4 Å². The lowest BCUT2D eigenvalue weighted by molar-refractivity contribution is -0.121. The summed E-state index contributed by atoms with van der Waals surface area (Å²) in [5.41, 5.74) is 4.47. The number of hydrogen-bond acceptors (Lipinski definition) is 3. The number of nitrogens with one attached hydrogen (secondary N) is 1. The molecule has 1 aliphatic heterocycles. The summed E-state index contributed by atoms with van der Waals surface area (Å²) in [7, 11) is 0. The lowest BCUT2D eigenvalue weighted by Gasteiger charge is -2.19. The molecule has 1 aliphatic rings. The molecule has 1 fully saturated rings. The number of rotatable bonds is 5. The first-order valence-electron chi connectivity index (χ1n) is 9.17. The van der Waals surface area contributed by atoms with Crippen LogP contribution in [0.4, 0.5) is 5.69 Å². The van der Waals surface area contributed by atoms with Gasteiger partial charge in [0.25, 0.3) is 0 Å². The van der Waals surface area contributed by atoms with Crippen molar-refractivity contribution in [2.24, 2.45) is 5.92 Å². The van der Waals surface area contributed by atoms with Crippen LogP contribution in [0.3, 0.4) is 0 Å². The van der Waals surface area contributed by atoms with Gasteiger partial charge in [-0.1, -0.05) is 29.8 Å². The maximum Gasteiger partial charge on any atom is 0.240 e. The van der Waals surface area contributed by atoms with Crippen LogP contribution in [-0.2, 0) is 11.3 Å². The van der Waals surface area contributed by atoms with Crippen LogP contribution >= 0.6 is 0 Å². The van der Waals surface area contributed by atoms with E-state index in [2.05, 4.69) is 46.4 Å². The number of anilines is 1. The molecule has 26 heavy (non-hydrogen) atoms. The number of carbonyl (C=O) groups excluding carboxylic acids is 1. The highest BCUT2D eigenvalue weighted by molar-refractivity contribution is 5.80. The molecule has 5 heteroatoms. The summed E-state index contributed by atoms with van der Waals surface area (Å²) in [5.74, 6) is 0.543. The van der Waals surface area contributed by atoms with Crippen molar-refractivity contribution < 1.29 is 4.79 Å². The fourth-order valence-corrected chi connectivity index (χ4v) is 3.59. The fourth-order valence-electron chi connectivity index (χ4n) is 3.59. The van der Waals surface area contributed by atoms with Gasteiger partial charge < -0.3 is 14.8 Å². The van der Waals surface area contributed by atoms with Crippen LogP contribution in [0.2, 0.25) is 0 Å². The van der Waals surface area contributed by atoms with Crippen molar-refractivity contribution in [3.05, 3.63) is 60.4 Å². The molecule has 0 aliphatic carbocycles. The van der Waals surface area contributed by atoms with E-state index in [4.69, 9.17) is 0 Å². The van der Waals surface area contributed by atoms with E-state index in [1.54, 1.807) is 6.33 Å². The van der Waals surface area contributed by atoms with Crippen molar-refractivity contribution in [2.75, 3.05) is 24.5 Å². The van der Waals surface area contributed by atoms with Crippen molar-refractivity contribution in [3.8, 4) is 0 Å². The van der Waals surface area contributed by atoms with Gasteiger partial charge in [-0.2, -0.15) is 0 Å². The summed E-state index contributed by atoms with van der Waals surface area (Å²) in [4.78, 5) is 19.1. The standard InChI is InChI=1S/C21H24N4O/c1-16-6-8-18(9-7-16)24-11-10-17(13-24)12-22-21(26)14-25-15-23-19-4-2-3-5-20(19)25/h2-9,15,17H,10-14H2,1H3,(H,22,26)/t17-/m0/s1. The number of hydrogen-bond donors (Lipinski definition) is 1. The van der Waals surface area contributed by atoms with Gasteiger partial charge in [0.2, 0.25) is 5.91 Å². The highest BCUT2D eigenvalue weighted by atomic mass is 16.1. The summed E-state index contributed by atoms with van der Waals surface area (Å²) in [6.45, 7) is 5.20. The zero-order chi connectivity index (χ0) is 17.9. The van der Waals surface area contributed by atoms with Gasteiger partial charge in [-0.05, 0) is 43.5 Å². The molecule has 0 spiro atoms. The molecule has 0 saturated carbocycles. The Bertz CT molecular complexity index is 900. The summed E-state index contributed by atoms with van der Waals surface area (Å²) < 4.78 is 1.90. The van der Waals surface area contributed by atoms with E-state index < -0.39 is 0 Å². The molecule has 0 radical (unpaired) electrons. The average Bonchev–Trinajstić information content (AvgIpc) is 3.28. The highest BCUT2D eigenvalue weighted by Gasteiger charge is 2.23. The van der Waals surface area contributed by atoms with E-state index in [1.807, 2.05) is 28.8 Å². The smallest absolute Gasteiger partial charge is 0.240 e. The molecule has 5 nitrogen and oxygen atoms in total. The molecule has 2 heterocycles. The Balaban J connectivity index is 1.29. The van der Waals surface area contributed by atoms with Crippen LogP contribution in [0.5, 0.6) is 0 Å². The van der Waals surface area contributed by atoms with E-state index in [0.29, 0.717) is 12.5 Å². The third kappa shape index (κ3) is 3.57. The molecule has 134 valence electrons. The zero-order valence-electron chi connectivity index (χ0n) is 15.1. The number of benzene rings is 2. The molecule has 1 saturated heterocycles. The Morgan fingerprint density at radius 2 is 2.00 bits per heavy atom.